The third-order valence-corrected chi connectivity index (χ3v) is 5.65. The molecular weight excluding hydrogens is 481 g/mol. The second-order valence-corrected chi connectivity index (χ2v) is 8.18. The van der Waals surface area contributed by atoms with Gasteiger partial charge in [0, 0.05) is 56.1 Å². The van der Waals surface area contributed by atoms with Crippen LogP contribution >= 0.6 is 23.2 Å². The van der Waals surface area contributed by atoms with Crippen molar-refractivity contribution in [3.8, 4) is 22.3 Å². The fraction of sp³-hybridized carbons (Fsp3) is 0.115. The number of aldehydes is 1. The van der Waals surface area contributed by atoms with Crippen molar-refractivity contribution in [2.24, 2.45) is 0 Å². The number of aromatic nitrogens is 2. The van der Waals surface area contributed by atoms with Crippen LogP contribution in [0.5, 0.6) is 0 Å². The lowest BCUT2D eigenvalue weighted by atomic mass is 9.99. The smallest absolute Gasteiger partial charge is 0.152 e. The van der Waals surface area contributed by atoms with Crippen LogP contribution < -0.4 is 0 Å². The molecule has 0 amide bonds. The molecule has 2 heterocycles. The number of aliphatic hydroxyl groups is 1. The summed E-state index contributed by atoms with van der Waals surface area (Å²) in [6.45, 7) is 3.32. The lowest BCUT2D eigenvalue weighted by molar-refractivity contribution is 0.112. The first-order valence-electron chi connectivity index (χ1n) is 10.1. The number of aryl methyl sites for hydroxylation is 2. The average molecular weight is 501 g/mol. The summed E-state index contributed by atoms with van der Waals surface area (Å²) < 4.78 is 27.6. The first-order valence-corrected chi connectivity index (χ1v) is 10.9. The maximum Gasteiger partial charge on any atom is 0.152 e. The van der Waals surface area contributed by atoms with Crippen LogP contribution in [0.1, 0.15) is 27.3 Å². The Labute approximate surface area is 205 Å². The summed E-state index contributed by atoms with van der Waals surface area (Å²) in [6, 6.07) is 12.1. The zero-order valence-corrected chi connectivity index (χ0v) is 19.8. The lowest BCUT2D eigenvalue weighted by Gasteiger charge is -2.10. The number of hydrogen-bond acceptors (Lipinski definition) is 4. The zero-order valence-electron chi connectivity index (χ0n) is 18.3. The molecule has 174 valence electrons. The summed E-state index contributed by atoms with van der Waals surface area (Å²) in [5, 5.41) is 9.99. The average Bonchev–Trinajstić information content (AvgIpc) is 2.79. The van der Waals surface area contributed by atoms with Gasteiger partial charge in [0.25, 0.3) is 0 Å². The van der Waals surface area contributed by atoms with Gasteiger partial charge in [0.05, 0.1) is 6.61 Å². The quantitative estimate of drug-likeness (QED) is 0.306. The third-order valence-electron chi connectivity index (χ3n) is 5.18. The summed E-state index contributed by atoms with van der Waals surface area (Å²) in [6.07, 6.45) is 3.83. The number of hydrogen-bond donors (Lipinski definition) is 1. The highest BCUT2D eigenvalue weighted by molar-refractivity contribution is 6.31. The van der Waals surface area contributed by atoms with E-state index in [0.29, 0.717) is 61.1 Å². The summed E-state index contributed by atoms with van der Waals surface area (Å²) in [5.74, 6) is -0.857. The highest BCUT2D eigenvalue weighted by Crippen LogP contribution is 2.30. The van der Waals surface area contributed by atoms with E-state index < -0.39 is 11.6 Å². The number of benzene rings is 2. The monoisotopic (exact) mass is 500 g/mol. The maximum atomic E-state index is 13.8. The topological polar surface area (TPSA) is 63.1 Å². The van der Waals surface area contributed by atoms with Crippen molar-refractivity contribution in [3.63, 3.8) is 0 Å². The third kappa shape index (κ3) is 5.65. The molecule has 0 aliphatic heterocycles. The minimum atomic E-state index is -0.453. The van der Waals surface area contributed by atoms with Crippen LogP contribution in [0, 0.1) is 25.5 Å². The highest BCUT2D eigenvalue weighted by atomic mass is 35.5. The van der Waals surface area contributed by atoms with Gasteiger partial charge in [0.1, 0.15) is 11.6 Å². The van der Waals surface area contributed by atoms with E-state index in [2.05, 4.69) is 9.97 Å². The Hall–Kier alpha value is -3.19. The van der Waals surface area contributed by atoms with E-state index in [-0.39, 0.29) is 6.61 Å². The van der Waals surface area contributed by atoms with Gasteiger partial charge < -0.3 is 5.11 Å². The molecule has 1 N–H and O–H groups in total. The molecule has 0 bridgehead atoms. The summed E-state index contributed by atoms with van der Waals surface area (Å²) >= 11 is 11.4. The second kappa shape index (κ2) is 11.3. The first-order chi connectivity index (χ1) is 16.3. The van der Waals surface area contributed by atoms with Gasteiger partial charge in [-0.3, -0.25) is 14.8 Å². The molecule has 0 unspecified atom stereocenters. The van der Waals surface area contributed by atoms with Gasteiger partial charge in [-0.2, -0.15) is 0 Å². The molecule has 0 radical (unpaired) electrons. The van der Waals surface area contributed by atoms with Crippen LogP contribution in [-0.2, 0) is 6.61 Å². The Morgan fingerprint density at radius 1 is 0.794 bits per heavy atom. The van der Waals surface area contributed by atoms with Gasteiger partial charge in [-0.1, -0.05) is 23.2 Å². The molecule has 0 fully saturated rings. The standard InChI is InChI=1S/C13H11ClFNO.C13H9ClFNO/c2*1-8-12(7-17)10(4-5-16-8)11-3-2-9(14)6-13(11)15/h2-6,17H,7H2,1H3;2-7H,1H3. The Morgan fingerprint density at radius 3 is 1.79 bits per heavy atom. The molecule has 0 saturated carbocycles. The number of aliphatic hydroxyl groups excluding tert-OH is 1. The number of carbonyl (C=O) groups is 1. The van der Waals surface area contributed by atoms with Crippen molar-refractivity contribution >= 4 is 29.5 Å². The molecule has 4 nitrogen and oxygen atoms in total. The molecule has 34 heavy (non-hydrogen) atoms. The van der Waals surface area contributed by atoms with Crippen LogP contribution in [0.3, 0.4) is 0 Å². The van der Waals surface area contributed by atoms with Crippen molar-refractivity contribution in [1.82, 2.24) is 9.97 Å². The van der Waals surface area contributed by atoms with E-state index in [1.54, 1.807) is 62.6 Å². The summed E-state index contributed by atoms with van der Waals surface area (Å²) in [4.78, 5) is 19.1. The summed E-state index contributed by atoms with van der Waals surface area (Å²) in [5.41, 5.74) is 4.25. The minimum Gasteiger partial charge on any atom is -0.392 e. The molecular formula is C26H20Cl2F2N2O2. The largest absolute Gasteiger partial charge is 0.392 e. The SMILES string of the molecule is Cc1nccc(-c2ccc(Cl)cc2F)c1C=O.Cc1nccc(-c2ccc(Cl)cc2F)c1CO. The Kier molecular flexibility index (Phi) is 8.45. The van der Waals surface area contributed by atoms with Crippen LogP contribution in [0.15, 0.2) is 60.9 Å². The normalized spacial score (nSPS) is 10.4. The molecule has 4 aromatic rings. The highest BCUT2D eigenvalue weighted by Gasteiger charge is 2.13. The van der Waals surface area contributed by atoms with E-state index in [4.69, 9.17) is 23.2 Å². The van der Waals surface area contributed by atoms with Gasteiger partial charge in [0.2, 0.25) is 0 Å². The van der Waals surface area contributed by atoms with Crippen molar-refractivity contribution in [2.75, 3.05) is 0 Å². The van der Waals surface area contributed by atoms with Crippen LogP contribution in [-0.4, -0.2) is 21.4 Å². The van der Waals surface area contributed by atoms with E-state index in [1.807, 2.05) is 0 Å². The first kappa shape index (κ1) is 25.4. The Morgan fingerprint density at radius 2 is 1.29 bits per heavy atom. The van der Waals surface area contributed by atoms with Gasteiger partial charge in [0.15, 0.2) is 6.29 Å². The predicted octanol–water partition coefficient (Wildman–Crippen LogP) is 7.00. The van der Waals surface area contributed by atoms with E-state index >= 15 is 0 Å². The Bertz CT molecular complexity index is 1350. The molecule has 8 heteroatoms. The van der Waals surface area contributed by atoms with Crippen LogP contribution in [0.2, 0.25) is 10.0 Å². The molecule has 0 spiro atoms. The van der Waals surface area contributed by atoms with Gasteiger partial charge >= 0.3 is 0 Å². The van der Waals surface area contributed by atoms with E-state index in [9.17, 15) is 18.7 Å². The summed E-state index contributed by atoms with van der Waals surface area (Å²) in [7, 11) is 0. The van der Waals surface area contributed by atoms with Gasteiger partial charge in [-0.25, -0.2) is 8.78 Å². The molecule has 2 aromatic carbocycles. The van der Waals surface area contributed by atoms with Crippen LogP contribution in [0.4, 0.5) is 8.78 Å². The minimum absolute atomic E-state index is 0.170. The molecule has 4 rings (SSSR count). The number of nitrogens with zero attached hydrogens (tertiary/aromatic N) is 2. The molecule has 0 aliphatic rings. The molecule has 0 aliphatic carbocycles. The van der Waals surface area contributed by atoms with Crippen molar-refractivity contribution < 1.29 is 18.7 Å². The van der Waals surface area contributed by atoms with Crippen molar-refractivity contribution in [2.45, 2.75) is 20.5 Å². The van der Waals surface area contributed by atoms with Gasteiger partial charge in [-0.05, 0) is 73.5 Å². The number of carbonyl (C=O) groups excluding carboxylic acids is 1. The molecule has 2 aromatic heterocycles. The predicted molar refractivity (Wildman–Crippen MR) is 130 cm³/mol. The van der Waals surface area contributed by atoms with E-state index in [0.717, 1.165) is 0 Å². The molecule has 0 atom stereocenters. The number of pyridine rings is 2. The van der Waals surface area contributed by atoms with Crippen molar-refractivity contribution in [1.29, 1.82) is 0 Å². The fourth-order valence-corrected chi connectivity index (χ4v) is 3.74. The number of rotatable bonds is 4. The number of halogens is 4. The molecule has 0 saturated heterocycles. The lowest BCUT2D eigenvalue weighted by Crippen LogP contribution is -1.97. The maximum absolute atomic E-state index is 13.8. The zero-order chi connectivity index (χ0) is 24.8. The Balaban J connectivity index is 0.000000191. The second-order valence-electron chi connectivity index (χ2n) is 7.30. The van der Waals surface area contributed by atoms with E-state index in [1.165, 1.54) is 12.1 Å². The fourth-order valence-electron chi connectivity index (χ4n) is 3.43. The van der Waals surface area contributed by atoms with Crippen LogP contribution in [0.25, 0.3) is 22.3 Å². The van der Waals surface area contributed by atoms with Gasteiger partial charge in [-0.15, -0.1) is 0 Å². The van der Waals surface area contributed by atoms with Crippen molar-refractivity contribution in [3.05, 3.63) is 105 Å².